The number of hydrogen-bond donors (Lipinski definition) is 1. The van der Waals surface area contributed by atoms with Gasteiger partial charge < -0.3 is 5.73 Å². The second-order valence-electron chi connectivity index (χ2n) is 5.63. The maximum absolute atomic E-state index is 9.50. The Morgan fingerprint density at radius 2 is 1.86 bits per heavy atom. The van der Waals surface area contributed by atoms with Crippen LogP contribution in [0.2, 0.25) is 0 Å². The van der Waals surface area contributed by atoms with Gasteiger partial charge in [-0.3, -0.25) is 4.39 Å². The van der Waals surface area contributed by atoms with Crippen LogP contribution < -0.4 is 5.73 Å². The largest absolute Gasteiger partial charge is 0.326 e. The van der Waals surface area contributed by atoms with Gasteiger partial charge in [-0.15, -0.1) is 0 Å². The molecule has 0 saturated heterocycles. The first-order valence-electron chi connectivity index (χ1n) is 7.83. The monoisotopic (exact) mass is 289 g/mol. The highest BCUT2D eigenvalue weighted by Gasteiger charge is 2.07. The molecule has 2 heteroatoms. The highest BCUT2D eigenvalue weighted by molar-refractivity contribution is 5.86. The molecule has 0 spiro atoms. The molecule has 116 valence electrons. The Balaban J connectivity index is 0.00000106. The van der Waals surface area contributed by atoms with Crippen LogP contribution in [0.1, 0.15) is 44.2 Å². The molecule has 0 heterocycles. The Bertz CT molecular complexity index is 536. The molecule has 2 rings (SSSR count). The highest BCUT2D eigenvalue weighted by Crippen LogP contribution is 2.23. The molecule has 0 aliphatic heterocycles. The van der Waals surface area contributed by atoms with Crippen LogP contribution in [0.4, 0.5) is 4.39 Å². The zero-order valence-electron chi connectivity index (χ0n) is 13.5. The third kappa shape index (κ3) is 5.13. The quantitative estimate of drug-likeness (QED) is 0.772. The van der Waals surface area contributed by atoms with E-state index in [1.165, 1.54) is 41.2 Å². The Labute approximate surface area is 128 Å². The maximum atomic E-state index is 9.50. The smallest absolute Gasteiger partial charge is 0.0785 e. The molecule has 21 heavy (non-hydrogen) atoms. The summed E-state index contributed by atoms with van der Waals surface area (Å²) in [6.07, 6.45) is 5.10. The average molecular weight is 289 g/mol. The van der Waals surface area contributed by atoms with Crippen LogP contribution in [0.5, 0.6) is 0 Å². The van der Waals surface area contributed by atoms with Crippen molar-refractivity contribution < 1.29 is 4.39 Å². The first-order chi connectivity index (χ1) is 10.2. The average Bonchev–Trinajstić information content (AvgIpc) is 2.54. The minimum Gasteiger partial charge on any atom is -0.326 e. The lowest BCUT2D eigenvalue weighted by molar-refractivity contribution is 0.503. The molecule has 1 atom stereocenters. The third-order valence-electron chi connectivity index (χ3n) is 3.86. The molecule has 0 saturated carbocycles. The molecular weight excluding hydrogens is 261 g/mol. The van der Waals surface area contributed by atoms with E-state index >= 15 is 0 Å². The minimum atomic E-state index is 0.500. The minimum absolute atomic E-state index is 0.500. The molecule has 2 N–H and O–H groups in total. The molecule has 0 aliphatic carbocycles. The lowest BCUT2D eigenvalue weighted by atomic mass is 9.92. The van der Waals surface area contributed by atoms with Crippen LogP contribution >= 0.6 is 0 Å². The van der Waals surface area contributed by atoms with E-state index in [1.54, 1.807) is 0 Å². The van der Waals surface area contributed by atoms with Crippen LogP contribution in [0.15, 0.2) is 36.4 Å². The van der Waals surface area contributed by atoms with E-state index in [9.17, 15) is 4.39 Å². The van der Waals surface area contributed by atoms with Gasteiger partial charge in [-0.2, -0.15) is 0 Å². The van der Waals surface area contributed by atoms with Crippen molar-refractivity contribution in [2.75, 3.05) is 7.18 Å². The summed E-state index contributed by atoms with van der Waals surface area (Å²) in [6, 6.07) is 13.2. The van der Waals surface area contributed by atoms with Crippen molar-refractivity contribution in [3.63, 3.8) is 0 Å². The molecule has 0 radical (unpaired) electrons. The Morgan fingerprint density at radius 3 is 2.52 bits per heavy atom. The van der Waals surface area contributed by atoms with E-state index in [0.717, 1.165) is 12.3 Å². The molecule has 0 aliphatic rings. The third-order valence-corrected chi connectivity index (χ3v) is 3.86. The number of alkyl halides is 1. The van der Waals surface area contributed by atoms with E-state index in [0.29, 0.717) is 13.7 Å². The fourth-order valence-electron chi connectivity index (χ4n) is 2.80. The molecule has 2 aromatic carbocycles. The van der Waals surface area contributed by atoms with E-state index < -0.39 is 0 Å². The fourth-order valence-corrected chi connectivity index (χ4v) is 2.80. The Kier molecular flexibility index (Phi) is 7.99. The van der Waals surface area contributed by atoms with E-state index in [2.05, 4.69) is 50.2 Å². The van der Waals surface area contributed by atoms with E-state index in [1.807, 2.05) is 0 Å². The van der Waals surface area contributed by atoms with Crippen molar-refractivity contribution in [1.29, 1.82) is 0 Å². The summed E-state index contributed by atoms with van der Waals surface area (Å²) in [5.74, 6) is 0.756. The molecular formula is C19H28FN. The topological polar surface area (TPSA) is 26.0 Å². The molecule has 0 amide bonds. The summed E-state index contributed by atoms with van der Waals surface area (Å²) >= 11 is 0. The molecule has 0 aromatic heterocycles. The predicted octanol–water partition coefficient (Wildman–Crippen LogP) is 5.25. The van der Waals surface area contributed by atoms with Gasteiger partial charge in [-0.05, 0) is 34.2 Å². The molecule has 0 bridgehead atoms. The SMILES string of the molecule is CCCCC(C)Cc1cc(CN)c2ccccc2c1.CF. The number of fused-ring (bicyclic) bond motifs is 1. The molecule has 1 unspecified atom stereocenters. The summed E-state index contributed by atoms with van der Waals surface area (Å²) in [5, 5.41) is 2.62. The van der Waals surface area contributed by atoms with Crippen LogP contribution in [-0.4, -0.2) is 7.18 Å². The zero-order valence-corrected chi connectivity index (χ0v) is 13.5. The Morgan fingerprint density at radius 1 is 1.14 bits per heavy atom. The summed E-state index contributed by atoms with van der Waals surface area (Å²) in [5.41, 5.74) is 8.60. The van der Waals surface area contributed by atoms with Crippen molar-refractivity contribution in [2.24, 2.45) is 11.7 Å². The van der Waals surface area contributed by atoms with Crippen molar-refractivity contribution >= 4 is 10.8 Å². The first-order valence-corrected chi connectivity index (χ1v) is 7.83. The van der Waals surface area contributed by atoms with Crippen LogP contribution in [0.25, 0.3) is 10.8 Å². The number of rotatable bonds is 6. The van der Waals surface area contributed by atoms with E-state index in [-0.39, 0.29) is 0 Å². The summed E-state index contributed by atoms with van der Waals surface area (Å²) < 4.78 is 9.50. The van der Waals surface area contributed by atoms with Gasteiger partial charge in [-0.1, -0.05) is 69.5 Å². The highest BCUT2D eigenvalue weighted by atomic mass is 19.1. The van der Waals surface area contributed by atoms with Gasteiger partial charge >= 0.3 is 0 Å². The molecule has 0 fully saturated rings. The van der Waals surface area contributed by atoms with Gasteiger partial charge in [0, 0.05) is 6.54 Å². The lowest BCUT2D eigenvalue weighted by Gasteiger charge is -2.13. The van der Waals surface area contributed by atoms with Gasteiger partial charge in [0.15, 0.2) is 0 Å². The van der Waals surface area contributed by atoms with Gasteiger partial charge in [-0.25, -0.2) is 0 Å². The summed E-state index contributed by atoms with van der Waals surface area (Å²) in [6.45, 7) is 5.24. The zero-order chi connectivity index (χ0) is 15.7. The number of hydrogen-bond acceptors (Lipinski definition) is 1. The van der Waals surface area contributed by atoms with E-state index in [4.69, 9.17) is 5.73 Å². The normalized spacial score (nSPS) is 11.9. The standard InChI is InChI=1S/C18H25N.CH3F/c1-3-4-7-14(2)10-15-11-16-8-5-6-9-18(16)17(12-15)13-19;1-2/h5-6,8-9,11-12,14H,3-4,7,10,13,19H2,1-2H3;1H3. The van der Waals surface area contributed by atoms with Crippen LogP contribution in [-0.2, 0) is 13.0 Å². The molecule has 2 aromatic rings. The van der Waals surface area contributed by atoms with Crippen molar-refractivity contribution in [2.45, 2.75) is 46.1 Å². The van der Waals surface area contributed by atoms with Crippen molar-refractivity contribution in [3.05, 3.63) is 47.5 Å². The summed E-state index contributed by atoms with van der Waals surface area (Å²) in [4.78, 5) is 0. The number of benzene rings is 2. The number of halogens is 1. The van der Waals surface area contributed by atoms with Gasteiger partial charge in [0.2, 0.25) is 0 Å². The van der Waals surface area contributed by atoms with Crippen LogP contribution in [0, 0.1) is 5.92 Å². The first kappa shape index (κ1) is 17.6. The number of nitrogens with two attached hydrogens (primary N) is 1. The second-order valence-corrected chi connectivity index (χ2v) is 5.63. The van der Waals surface area contributed by atoms with Gasteiger partial charge in [0.25, 0.3) is 0 Å². The number of unbranched alkanes of at least 4 members (excludes halogenated alkanes) is 1. The molecule has 1 nitrogen and oxygen atoms in total. The Hall–Kier alpha value is -1.41. The van der Waals surface area contributed by atoms with Gasteiger partial charge in [0.05, 0.1) is 7.18 Å². The predicted molar refractivity (Wildman–Crippen MR) is 91.3 cm³/mol. The van der Waals surface area contributed by atoms with Crippen molar-refractivity contribution in [3.8, 4) is 0 Å². The fraction of sp³-hybridized carbons (Fsp3) is 0.474. The second kappa shape index (κ2) is 9.51. The van der Waals surface area contributed by atoms with Crippen molar-refractivity contribution in [1.82, 2.24) is 0 Å². The summed E-state index contributed by atoms with van der Waals surface area (Å²) in [7, 11) is 0.500. The maximum Gasteiger partial charge on any atom is 0.0785 e. The van der Waals surface area contributed by atoms with Crippen LogP contribution in [0.3, 0.4) is 0 Å². The lowest BCUT2D eigenvalue weighted by Crippen LogP contribution is -2.03. The van der Waals surface area contributed by atoms with Gasteiger partial charge in [0.1, 0.15) is 0 Å².